The first-order valence-corrected chi connectivity index (χ1v) is 7.90. The van der Waals surface area contributed by atoms with Crippen molar-refractivity contribution in [1.82, 2.24) is 15.0 Å². The van der Waals surface area contributed by atoms with Gasteiger partial charge in [0.25, 0.3) is 0 Å². The van der Waals surface area contributed by atoms with Crippen molar-refractivity contribution in [3.63, 3.8) is 0 Å². The second kappa shape index (κ2) is 5.73. The van der Waals surface area contributed by atoms with E-state index in [2.05, 4.69) is 27.0 Å². The molecule has 1 N–H and O–H groups in total. The number of aromatic amines is 1. The van der Waals surface area contributed by atoms with Crippen LogP contribution in [0.4, 0.5) is 5.82 Å². The number of nitrogens with one attached hydrogen (secondary N) is 1. The minimum atomic E-state index is 0.438. The molecule has 1 aliphatic heterocycles. The second-order valence-corrected chi connectivity index (χ2v) is 5.89. The van der Waals surface area contributed by atoms with E-state index in [4.69, 9.17) is 4.98 Å². The molecular formula is C18H17N5. The Morgan fingerprint density at radius 3 is 2.74 bits per heavy atom. The van der Waals surface area contributed by atoms with Crippen LogP contribution in [0.5, 0.6) is 0 Å². The summed E-state index contributed by atoms with van der Waals surface area (Å²) in [6.45, 7) is 1.79. The maximum Gasteiger partial charge on any atom is 0.146 e. The van der Waals surface area contributed by atoms with Gasteiger partial charge < -0.3 is 9.88 Å². The minimum absolute atomic E-state index is 0.438. The number of anilines is 1. The standard InChI is InChI=1S/C18H17N5/c19-12-14-4-3-9-20-18(14)23-10-7-13(8-11-23)17-21-15-5-1-2-6-16(15)22-17/h1-6,9,13H,7-8,10-11H2,(H,21,22). The fraction of sp³-hybridized carbons (Fsp3) is 0.278. The van der Waals surface area contributed by atoms with Crippen molar-refractivity contribution in [3.05, 3.63) is 54.0 Å². The SMILES string of the molecule is N#Cc1cccnc1N1CCC(c2nc3ccccc3[nH]2)CC1. The maximum absolute atomic E-state index is 9.23. The van der Waals surface area contributed by atoms with E-state index in [-0.39, 0.29) is 0 Å². The summed E-state index contributed by atoms with van der Waals surface area (Å²) in [5.74, 6) is 2.32. The molecule has 0 unspecified atom stereocenters. The van der Waals surface area contributed by atoms with Gasteiger partial charge in [0.1, 0.15) is 17.7 Å². The average Bonchev–Trinajstić information content (AvgIpc) is 3.06. The Hall–Kier alpha value is -2.87. The highest BCUT2D eigenvalue weighted by atomic mass is 15.2. The average molecular weight is 303 g/mol. The maximum atomic E-state index is 9.23. The highest BCUT2D eigenvalue weighted by molar-refractivity contribution is 5.74. The van der Waals surface area contributed by atoms with Crippen molar-refractivity contribution in [2.24, 2.45) is 0 Å². The van der Waals surface area contributed by atoms with Crippen molar-refractivity contribution in [2.75, 3.05) is 18.0 Å². The molecule has 1 aromatic carbocycles. The number of nitriles is 1. The number of benzene rings is 1. The Balaban J connectivity index is 1.52. The second-order valence-electron chi connectivity index (χ2n) is 5.89. The highest BCUT2D eigenvalue weighted by Crippen LogP contribution is 2.30. The molecule has 4 rings (SSSR count). The molecule has 0 spiro atoms. The van der Waals surface area contributed by atoms with Gasteiger partial charge in [-0.25, -0.2) is 9.97 Å². The summed E-state index contributed by atoms with van der Waals surface area (Å²) in [4.78, 5) is 14.8. The van der Waals surface area contributed by atoms with E-state index in [1.165, 1.54) is 0 Å². The molecular weight excluding hydrogens is 286 g/mol. The quantitative estimate of drug-likeness (QED) is 0.789. The van der Waals surface area contributed by atoms with Gasteiger partial charge in [0.05, 0.1) is 16.6 Å². The van der Waals surface area contributed by atoms with Gasteiger partial charge in [0, 0.05) is 25.2 Å². The van der Waals surface area contributed by atoms with Crippen LogP contribution in [0.3, 0.4) is 0 Å². The summed E-state index contributed by atoms with van der Waals surface area (Å²) in [6.07, 6.45) is 3.78. The summed E-state index contributed by atoms with van der Waals surface area (Å²) < 4.78 is 0. The lowest BCUT2D eigenvalue weighted by Crippen LogP contribution is -2.34. The van der Waals surface area contributed by atoms with Crippen LogP contribution in [0.1, 0.15) is 30.1 Å². The number of para-hydroxylation sites is 2. The lowest BCUT2D eigenvalue weighted by Gasteiger charge is -2.32. The Morgan fingerprint density at radius 1 is 1.13 bits per heavy atom. The molecule has 5 nitrogen and oxygen atoms in total. The molecule has 0 saturated carbocycles. The fourth-order valence-corrected chi connectivity index (χ4v) is 3.27. The molecule has 0 amide bonds. The van der Waals surface area contributed by atoms with Crippen molar-refractivity contribution in [1.29, 1.82) is 5.26 Å². The number of piperidine rings is 1. The van der Waals surface area contributed by atoms with Crippen LogP contribution >= 0.6 is 0 Å². The number of hydrogen-bond donors (Lipinski definition) is 1. The topological polar surface area (TPSA) is 68.6 Å². The number of aromatic nitrogens is 3. The number of hydrogen-bond acceptors (Lipinski definition) is 4. The first-order chi connectivity index (χ1) is 11.3. The zero-order chi connectivity index (χ0) is 15.6. The van der Waals surface area contributed by atoms with E-state index < -0.39 is 0 Å². The summed E-state index contributed by atoms with van der Waals surface area (Å²) in [5.41, 5.74) is 2.78. The third-order valence-corrected chi connectivity index (χ3v) is 4.50. The van der Waals surface area contributed by atoms with Gasteiger partial charge in [0.2, 0.25) is 0 Å². The molecule has 114 valence electrons. The molecule has 3 aromatic rings. The molecule has 0 bridgehead atoms. The number of H-pyrrole nitrogens is 1. The third kappa shape index (κ3) is 2.53. The lowest BCUT2D eigenvalue weighted by molar-refractivity contribution is 0.487. The van der Waals surface area contributed by atoms with Crippen LogP contribution in [-0.2, 0) is 0 Å². The lowest BCUT2D eigenvalue weighted by atomic mass is 9.96. The Kier molecular flexibility index (Phi) is 3.43. The molecule has 0 atom stereocenters. The van der Waals surface area contributed by atoms with Gasteiger partial charge in [0.15, 0.2) is 0 Å². The Morgan fingerprint density at radius 2 is 1.96 bits per heavy atom. The van der Waals surface area contributed by atoms with Crippen LogP contribution in [0.15, 0.2) is 42.6 Å². The molecule has 1 aliphatic rings. The summed E-state index contributed by atoms with van der Waals surface area (Å²) in [5, 5.41) is 9.23. The molecule has 0 aliphatic carbocycles. The normalized spacial score (nSPS) is 15.7. The summed E-state index contributed by atoms with van der Waals surface area (Å²) in [6, 6.07) is 14.0. The van der Waals surface area contributed by atoms with Crippen molar-refractivity contribution < 1.29 is 0 Å². The predicted octanol–water partition coefficient (Wildman–Crippen LogP) is 3.21. The van der Waals surface area contributed by atoms with Crippen molar-refractivity contribution in [2.45, 2.75) is 18.8 Å². The summed E-state index contributed by atoms with van der Waals surface area (Å²) >= 11 is 0. The van der Waals surface area contributed by atoms with Gasteiger partial charge in [-0.1, -0.05) is 12.1 Å². The van der Waals surface area contributed by atoms with Gasteiger partial charge in [-0.05, 0) is 37.1 Å². The van der Waals surface area contributed by atoms with Gasteiger partial charge >= 0.3 is 0 Å². The van der Waals surface area contributed by atoms with E-state index in [9.17, 15) is 5.26 Å². The first-order valence-electron chi connectivity index (χ1n) is 7.90. The number of imidazole rings is 1. The van der Waals surface area contributed by atoms with E-state index in [0.717, 1.165) is 48.6 Å². The zero-order valence-electron chi connectivity index (χ0n) is 12.7. The molecule has 5 heteroatoms. The van der Waals surface area contributed by atoms with Gasteiger partial charge in [-0.2, -0.15) is 5.26 Å². The number of pyridine rings is 1. The largest absolute Gasteiger partial charge is 0.355 e. The smallest absolute Gasteiger partial charge is 0.146 e. The third-order valence-electron chi connectivity index (χ3n) is 4.50. The van der Waals surface area contributed by atoms with Crippen LogP contribution in [-0.4, -0.2) is 28.0 Å². The highest BCUT2D eigenvalue weighted by Gasteiger charge is 2.24. The molecule has 2 aromatic heterocycles. The molecule has 0 radical (unpaired) electrons. The monoisotopic (exact) mass is 303 g/mol. The fourth-order valence-electron chi connectivity index (χ4n) is 3.27. The number of rotatable bonds is 2. The minimum Gasteiger partial charge on any atom is -0.355 e. The van der Waals surface area contributed by atoms with Crippen molar-refractivity contribution >= 4 is 16.9 Å². The molecule has 1 saturated heterocycles. The number of fused-ring (bicyclic) bond motifs is 1. The van der Waals surface area contributed by atoms with E-state index in [1.54, 1.807) is 6.20 Å². The van der Waals surface area contributed by atoms with Crippen LogP contribution in [0.2, 0.25) is 0 Å². The summed E-state index contributed by atoms with van der Waals surface area (Å²) in [7, 11) is 0. The van der Waals surface area contributed by atoms with Gasteiger partial charge in [-0.15, -0.1) is 0 Å². The number of nitrogens with zero attached hydrogens (tertiary/aromatic N) is 4. The van der Waals surface area contributed by atoms with E-state index >= 15 is 0 Å². The molecule has 1 fully saturated rings. The van der Waals surface area contributed by atoms with Crippen molar-refractivity contribution in [3.8, 4) is 6.07 Å². The van der Waals surface area contributed by atoms with Crippen LogP contribution in [0, 0.1) is 11.3 Å². The predicted molar refractivity (Wildman–Crippen MR) is 89.2 cm³/mol. The Labute approximate surface area is 134 Å². The van der Waals surface area contributed by atoms with E-state index in [1.807, 2.05) is 30.3 Å². The van der Waals surface area contributed by atoms with Crippen LogP contribution in [0.25, 0.3) is 11.0 Å². The molecule has 23 heavy (non-hydrogen) atoms. The van der Waals surface area contributed by atoms with Gasteiger partial charge in [-0.3, -0.25) is 0 Å². The van der Waals surface area contributed by atoms with E-state index in [0.29, 0.717) is 11.5 Å². The molecule has 3 heterocycles. The Bertz CT molecular complexity index is 835. The zero-order valence-corrected chi connectivity index (χ0v) is 12.7. The van der Waals surface area contributed by atoms with Crippen LogP contribution < -0.4 is 4.90 Å². The first kappa shape index (κ1) is 13.8.